The fraction of sp³-hybridized carbons (Fsp3) is 0.231. The van der Waals surface area contributed by atoms with E-state index in [1.54, 1.807) is 36.4 Å². The average Bonchev–Trinajstić information content (AvgIpc) is 2.92. The number of allylic oxidation sites excluding steroid dienone is 1. The highest BCUT2D eigenvalue weighted by Gasteiger charge is 2.42. The third-order valence-corrected chi connectivity index (χ3v) is 5.91. The lowest BCUT2D eigenvalue weighted by molar-refractivity contribution is -0.139. The molecule has 0 aromatic heterocycles. The molecule has 9 heteroatoms. The molecular weight excluding hydrogens is 446 g/mol. The minimum atomic E-state index is -0.904. The van der Waals surface area contributed by atoms with Crippen LogP contribution in [0.25, 0.3) is 0 Å². The van der Waals surface area contributed by atoms with Crippen molar-refractivity contribution in [3.63, 3.8) is 0 Å². The fourth-order valence-electron chi connectivity index (χ4n) is 4.28. The Labute approximate surface area is 203 Å². The maximum absolute atomic E-state index is 13.1. The largest absolute Gasteiger partial charge is 0.466 e. The molecule has 2 heterocycles. The Morgan fingerprint density at radius 2 is 1.77 bits per heavy atom. The van der Waals surface area contributed by atoms with Gasteiger partial charge in [-0.25, -0.2) is 9.59 Å². The molecule has 3 N–H and O–H groups in total. The summed E-state index contributed by atoms with van der Waals surface area (Å²) in [5.74, 6) is -1.64. The second kappa shape index (κ2) is 10.1. The van der Waals surface area contributed by atoms with Crippen molar-refractivity contribution in [1.29, 1.82) is 5.26 Å². The van der Waals surface area contributed by atoms with Gasteiger partial charge in [0.1, 0.15) is 17.4 Å². The number of carbonyl (C=O) groups is 2. The Morgan fingerprint density at radius 3 is 2.34 bits per heavy atom. The number of aliphatic imine (C=N–C) groups is 1. The van der Waals surface area contributed by atoms with Crippen LogP contribution in [0.3, 0.4) is 0 Å². The van der Waals surface area contributed by atoms with Gasteiger partial charge in [-0.05, 0) is 36.2 Å². The van der Waals surface area contributed by atoms with Gasteiger partial charge in [-0.1, -0.05) is 30.3 Å². The van der Waals surface area contributed by atoms with E-state index < -0.39 is 17.9 Å². The molecule has 2 aromatic rings. The number of ether oxygens (including phenoxy) is 2. The Hall–Kier alpha value is -4.58. The summed E-state index contributed by atoms with van der Waals surface area (Å²) >= 11 is 0. The van der Waals surface area contributed by atoms with Crippen LogP contribution in [0.2, 0.25) is 0 Å². The Kier molecular flexibility index (Phi) is 6.83. The smallest absolute Gasteiger partial charge is 0.355 e. The van der Waals surface area contributed by atoms with Gasteiger partial charge in [-0.15, -0.1) is 0 Å². The minimum absolute atomic E-state index is 0.0234. The monoisotopic (exact) mass is 471 g/mol. The molecule has 178 valence electrons. The number of methoxy groups -OCH3 is 2. The van der Waals surface area contributed by atoms with Gasteiger partial charge in [0.2, 0.25) is 0 Å². The molecule has 2 aromatic carbocycles. The van der Waals surface area contributed by atoms with Gasteiger partial charge in [-0.3, -0.25) is 9.89 Å². The highest BCUT2D eigenvalue weighted by atomic mass is 16.5. The third-order valence-electron chi connectivity index (χ3n) is 5.91. The van der Waals surface area contributed by atoms with Gasteiger partial charge < -0.3 is 20.5 Å². The number of rotatable bonds is 5. The Morgan fingerprint density at radius 1 is 1.09 bits per heavy atom. The lowest BCUT2D eigenvalue weighted by Crippen LogP contribution is -2.40. The first-order valence-corrected chi connectivity index (χ1v) is 11.1. The van der Waals surface area contributed by atoms with Crippen molar-refractivity contribution < 1.29 is 19.1 Å². The number of nitrogens with one attached hydrogen (secondary N) is 1. The first kappa shape index (κ1) is 23.6. The van der Waals surface area contributed by atoms with Crippen LogP contribution in [0.15, 0.2) is 82.3 Å². The summed E-state index contributed by atoms with van der Waals surface area (Å²) < 4.78 is 10.1. The summed E-state index contributed by atoms with van der Waals surface area (Å²) in [5, 5.41) is 13.4. The summed E-state index contributed by atoms with van der Waals surface area (Å²) in [6.45, 7) is 1.59. The molecule has 9 nitrogen and oxygen atoms in total. The second-order valence-electron chi connectivity index (χ2n) is 7.89. The van der Waals surface area contributed by atoms with Crippen LogP contribution in [0.1, 0.15) is 23.5 Å². The van der Waals surface area contributed by atoms with Gasteiger partial charge in [0.05, 0.1) is 37.4 Å². The maximum atomic E-state index is 13.1. The number of hydrogen-bond donors (Lipinski definition) is 2. The summed E-state index contributed by atoms with van der Waals surface area (Å²) in [4.78, 5) is 32.0. The SMILES string of the molecule is COC(=O)C1=C(C(=O)OC)N(c2ccc(C3=NCCCN3)cc2)C(N)=C(C#N)C1c1ccccc1. The van der Waals surface area contributed by atoms with Gasteiger partial charge in [-0.2, -0.15) is 5.26 Å². The molecule has 1 atom stereocenters. The van der Waals surface area contributed by atoms with Crippen molar-refractivity contribution in [3.8, 4) is 6.07 Å². The maximum Gasteiger partial charge on any atom is 0.355 e. The number of nitriles is 1. The van der Waals surface area contributed by atoms with E-state index in [9.17, 15) is 14.9 Å². The molecular formula is C26H25N5O4. The predicted octanol–water partition coefficient (Wildman–Crippen LogP) is 2.32. The average molecular weight is 472 g/mol. The Balaban J connectivity index is 1.92. The second-order valence-corrected chi connectivity index (χ2v) is 7.89. The van der Waals surface area contributed by atoms with E-state index in [1.165, 1.54) is 19.1 Å². The highest BCUT2D eigenvalue weighted by molar-refractivity contribution is 6.06. The molecule has 0 amide bonds. The van der Waals surface area contributed by atoms with Crippen molar-refractivity contribution >= 4 is 23.5 Å². The number of benzene rings is 2. The molecule has 0 bridgehead atoms. The van der Waals surface area contributed by atoms with Crippen LogP contribution in [0.4, 0.5) is 5.69 Å². The molecule has 0 saturated heterocycles. The first-order valence-electron chi connectivity index (χ1n) is 11.1. The highest BCUT2D eigenvalue weighted by Crippen LogP contribution is 2.43. The van der Waals surface area contributed by atoms with E-state index in [-0.39, 0.29) is 22.7 Å². The molecule has 1 unspecified atom stereocenters. The van der Waals surface area contributed by atoms with E-state index in [2.05, 4.69) is 16.4 Å². The van der Waals surface area contributed by atoms with Crippen LogP contribution in [-0.2, 0) is 19.1 Å². The fourth-order valence-corrected chi connectivity index (χ4v) is 4.28. The third kappa shape index (κ3) is 4.34. The molecule has 0 saturated carbocycles. The zero-order valence-electron chi connectivity index (χ0n) is 19.4. The molecule has 0 aliphatic carbocycles. The standard InChI is InChI=1S/C26H25N5O4/c1-34-25(32)21-20(16-7-4-3-5-8-16)19(15-27)23(28)31(22(21)26(33)35-2)18-11-9-17(10-12-18)24-29-13-6-14-30-24/h3-5,7-12,20H,6,13-14,28H2,1-2H3,(H,29,30). The zero-order valence-corrected chi connectivity index (χ0v) is 19.4. The number of hydrogen-bond acceptors (Lipinski definition) is 9. The molecule has 0 spiro atoms. The number of amidine groups is 1. The van der Waals surface area contributed by atoms with Crippen molar-refractivity contribution in [2.75, 3.05) is 32.2 Å². The van der Waals surface area contributed by atoms with Gasteiger partial charge in [0.15, 0.2) is 0 Å². The minimum Gasteiger partial charge on any atom is -0.466 e. The van der Waals surface area contributed by atoms with Crippen molar-refractivity contribution in [2.45, 2.75) is 12.3 Å². The van der Waals surface area contributed by atoms with E-state index in [0.29, 0.717) is 11.3 Å². The van der Waals surface area contributed by atoms with Crippen molar-refractivity contribution in [1.82, 2.24) is 5.32 Å². The predicted molar refractivity (Wildman–Crippen MR) is 130 cm³/mol. The van der Waals surface area contributed by atoms with Crippen LogP contribution >= 0.6 is 0 Å². The number of carbonyl (C=O) groups excluding carboxylic acids is 2. The lowest BCUT2D eigenvalue weighted by Gasteiger charge is -2.36. The van der Waals surface area contributed by atoms with E-state index in [1.807, 2.05) is 18.2 Å². The lowest BCUT2D eigenvalue weighted by atomic mass is 9.81. The molecule has 35 heavy (non-hydrogen) atoms. The molecule has 0 radical (unpaired) electrons. The van der Waals surface area contributed by atoms with Gasteiger partial charge >= 0.3 is 11.9 Å². The van der Waals surface area contributed by atoms with Crippen LogP contribution in [0, 0.1) is 11.3 Å². The van der Waals surface area contributed by atoms with Gasteiger partial charge in [0.25, 0.3) is 0 Å². The summed E-state index contributed by atoms with van der Waals surface area (Å²) in [6.07, 6.45) is 0.972. The van der Waals surface area contributed by atoms with Gasteiger partial charge in [0, 0.05) is 24.3 Å². The molecule has 0 fully saturated rings. The quantitative estimate of drug-likeness (QED) is 0.636. The van der Waals surface area contributed by atoms with Crippen LogP contribution < -0.4 is 16.0 Å². The van der Waals surface area contributed by atoms with Crippen molar-refractivity contribution in [3.05, 3.63) is 88.4 Å². The molecule has 4 rings (SSSR count). The van der Waals surface area contributed by atoms with Crippen molar-refractivity contribution in [2.24, 2.45) is 10.7 Å². The normalized spacial score (nSPS) is 17.8. The van der Waals surface area contributed by atoms with Crippen LogP contribution in [-0.4, -0.2) is 45.1 Å². The topological polar surface area (TPSA) is 130 Å². The number of anilines is 1. The Bertz CT molecular complexity index is 1270. The molecule has 2 aliphatic rings. The number of esters is 2. The summed E-state index contributed by atoms with van der Waals surface area (Å²) in [5.41, 5.74) is 8.46. The van der Waals surface area contributed by atoms with Crippen LogP contribution in [0.5, 0.6) is 0 Å². The summed E-state index contributed by atoms with van der Waals surface area (Å²) in [7, 11) is 2.44. The number of nitrogens with zero attached hydrogens (tertiary/aromatic N) is 3. The first-order chi connectivity index (χ1) is 17.0. The van der Waals surface area contributed by atoms with E-state index in [4.69, 9.17) is 15.2 Å². The number of nitrogens with two attached hydrogens (primary N) is 1. The van der Waals surface area contributed by atoms with E-state index >= 15 is 0 Å². The van der Waals surface area contributed by atoms with E-state index in [0.717, 1.165) is 30.9 Å². The zero-order chi connectivity index (χ0) is 24.9. The summed E-state index contributed by atoms with van der Waals surface area (Å²) in [6, 6.07) is 18.2. The molecule has 2 aliphatic heterocycles.